The van der Waals surface area contributed by atoms with E-state index in [1.807, 2.05) is 31.1 Å². The Hall–Kier alpha value is -2.05. The number of benzene rings is 1. The number of amides is 1. The number of ether oxygens (including phenoxy) is 1. The van der Waals surface area contributed by atoms with Crippen LogP contribution >= 0.6 is 0 Å². The van der Waals surface area contributed by atoms with Crippen LogP contribution < -0.4 is 16.0 Å². The third-order valence-electron chi connectivity index (χ3n) is 3.80. The van der Waals surface area contributed by atoms with Gasteiger partial charge in [0.1, 0.15) is 12.4 Å². The zero-order chi connectivity index (χ0) is 16.7. The summed E-state index contributed by atoms with van der Waals surface area (Å²) >= 11 is 0. The Labute approximate surface area is 137 Å². The van der Waals surface area contributed by atoms with E-state index in [9.17, 15) is 4.79 Å². The number of carbonyl (C=O) groups is 1. The Morgan fingerprint density at radius 3 is 2.91 bits per heavy atom. The molecule has 0 saturated heterocycles. The lowest BCUT2D eigenvalue weighted by Crippen LogP contribution is -2.24. The largest absolute Gasteiger partial charge is 0.492 e. The summed E-state index contributed by atoms with van der Waals surface area (Å²) in [5, 5.41) is 0. The molecule has 3 N–H and O–H groups in total. The van der Waals surface area contributed by atoms with Gasteiger partial charge in [-0.1, -0.05) is 12.1 Å². The maximum Gasteiger partial charge on any atom is 0.223 e. The third-order valence-corrected chi connectivity index (χ3v) is 3.80. The summed E-state index contributed by atoms with van der Waals surface area (Å²) in [5.74, 6) is 6.18. The van der Waals surface area contributed by atoms with Gasteiger partial charge in [0.2, 0.25) is 5.91 Å². The number of nitrogens with one attached hydrogen (secondary N) is 1. The molecule has 1 aliphatic heterocycles. The average molecular weight is 318 g/mol. The van der Waals surface area contributed by atoms with Gasteiger partial charge in [0.15, 0.2) is 0 Å². The Morgan fingerprint density at radius 2 is 2.17 bits per heavy atom. The quantitative estimate of drug-likeness (QED) is 0.557. The van der Waals surface area contributed by atoms with Gasteiger partial charge in [-0.2, -0.15) is 0 Å². The maximum absolute atomic E-state index is 12.2. The van der Waals surface area contributed by atoms with Gasteiger partial charge in [-0.3, -0.25) is 10.6 Å². The van der Waals surface area contributed by atoms with Crippen molar-refractivity contribution in [1.29, 1.82) is 0 Å². The molecule has 0 aliphatic carbocycles. The van der Waals surface area contributed by atoms with Gasteiger partial charge in [0, 0.05) is 32.3 Å². The van der Waals surface area contributed by atoms with Crippen LogP contribution in [0.1, 0.15) is 24.0 Å². The summed E-state index contributed by atoms with van der Waals surface area (Å²) in [6, 6.07) is 6.10. The predicted molar refractivity (Wildman–Crippen MR) is 90.4 cm³/mol. The number of hydrogen-bond acceptors (Lipinski definition) is 5. The van der Waals surface area contributed by atoms with Crippen LogP contribution in [0, 0.1) is 0 Å². The zero-order valence-corrected chi connectivity index (χ0v) is 13.9. The number of nitrogens with zero attached hydrogens (tertiary/aromatic N) is 2. The van der Waals surface area contributed by atoms with E-state index in [4.69, 9.17) is 10.6 Å². The Morgan fingerprint density at radius 1 is 1.39 bits per heavy atom. The Bertz CT molecular complexity index is 558. The zero-order valence-electron chi connectivity index (χ0n) is 13.9. The van der Waals surface area contributed by atoms with Crippen molar-refractivity contribution in [2.75, 3.05) is 27.2 Å². The highest BCUT2D eigenvalue weighted by molar-refractivity contribution is 5.77. The molecule has 1 heterocycles. The molecule has 0 radical (unpaired) electrons. The monoisotopic (exact) mass is 318 g/mol. The second-order valence-electron chi connectivity index (χ2n) is 5.94. The van der Waals surface area contributed by atoms with Crippen molar-refractivity contribution < 1.29 is 9.53 Å². The van der Waals surface area contributed by atoms with Crippen molar-refractivity contribution >= 4 is 5.91 Å². The fourth-order valence-corrected chi connectivity index (χ4v) is 2.50. The van der Waals surface area contributed by atoms with Gasteiger partial charge in [-0.25, -0.2) is 0 Å². The summed E-state index contributed by atoms with van der Waals surface area (Å²) in [5.41, 5.74) is 4.82. The molecule has 0 saturated carbocycles. The smallest absolute Gasteiger partial charge is 0.223 e. The number of rotatable bonds is 8. The number of carbonyl (C=O) groups excluding carboxylic acids is 1. The topological polar surface area (TPSA) is 70.8 Å². The van der Waals surface area contributed by atoms with Crippen molar-refractivity contribution in [3.05, 3.63) is 41.6 Å². The first-order chi connectivity index (χ1) is 11.1. The lowest BCUT2D eigenvalue weighted by atomic mass is 10.1. The lowest BCUT2D eigenvalue weighted by Gasteiger charge is -2.14. The van der Waals surface area contributed by atoms with E-state index in [2.05, 4.69) is 22.5 Å². The SMILES string of the molecule is CN(C)CCOc1ccc2c(c1)CN(C(=O)CC/C=C/NN)C2. The summed E-state index contributed by atoms with van der Waals surface area (Å²) in [6.07, 6.45) is 4.69. The minimum absolute atomic E-state index is 0.165. The minimum atomic E-state index is 0.165. The van der Waals surface area contributed by atoms with Gasteiger partial charge >= 0.3 is 0 Å². The predicted octanol–water partition coefficient (Wildman–Crippen LogP) is 1.23. The highest BCUT2D eigenvalue weighted by Crippen LogP contribution is 2.27. The van der Waals surface area contributed by atoms with Gasteiger partial charge in [-0.05, 0) is 43.8 Å². The average Bonchev–Trinajstić information content (AvgIpc) is 2.94. The second-order valence-corrected chi connectivity index (χ2v) is 5.94. The van der Waals surface area contributed by atoms with Crippen LogP contribution in [-0.2, 0) is 17.9 Å². The molecule has 6 heteroatoms. The molecular formula is C17H26N4O2. The van der Waals surface area contributed by atoms with Gasteiger partial charge < -0.3 is 20.0 Å². The molecule has 1 aromatic rings. The van der Waals surface area contributed by atoms with E-state index in [1.54, 1.807) is 6.20 Å². The summed E-state index contributed by atoms with van der Waals surface area (Å²) in [6.45, 7) is 2.89. The highest BCUT2D eigenvalue weighted by atomic mass is 16.5. The summed E-state index contributed by atoms with van der Waals surface area (Å²) in [7, 11) is 4.04. The van der Waals surface area contributed by atoms with Crippen molar-refractivity contribution in [2.24, 2.45) is 5.84 Å². The van der Waals surface area contributed by atoms with Gasteiger partial charge in [-0.15, -0.1) is 0 Å². The molecule has 6 nitrogen and oxygen atoms in total. The first-order valence-corrected chi connectivity index (χ1v) is 7.88. The molecule has 1 amide bonds. The number of hydrazine groups is 1. The van der Waals surface area contributed by atoms with Crippen LogP contribution in [0.25, 0.3) is 0 Å². The van der Waals surface area contributed by atoms with Crippen molar-refractivity contribution in [3.63, 3.8) is 0 Å². The number of allylic oxidation sites excluding steroid dienone is 1. The van der Waals surface area contributed by atoms with E-state index in [0.717, 1.165) is 12.3 Å². The van der Waals surface area contributed by atoms with Crippen LogP contribution in [0.15, 0.2) is 30.5 Å². The summed E-state index contributed by atoms with van der Waals surface area (Å²) in [4.78, 5) is 16.2. The molecule has 126 valence electrons. The van der Waals surface area contributed by atoms with Crippen LogP contribution in [0.2, 0.25) is 0 Å². The van der Waals surface area contributed by atoms with Crippen LogP contribution in [0.3, 0.4) is 0 Å². The Balaban J connectivity index is 1.85. The first-order valence-electron chi connectivity index (χ1n) is 7.88. The fraction of sp³-hybridized carbons (Fsp3) is 0.471. The van der Waals surface area contributed by atoms with Crippen molar-refractivity contribution in [2.45, 2.75) is 25.9 Å². The van der Waals surface area contributed by atoms with Crippen LogP contribution in [0.5, 0.6) is 5.75 Å². The minimum Gasteiger partial charge on any atom is -0.492 e. The normalized spacial score (nSPS) is 13.7. The van der Waals surface area contributed by atoms with Crippen molar-refractivity contribution in [3.8, 4) is 5.75 Å². The van der Waals surface area contributed by atoms with Crippen LogP contribution in [-0.4, -0.2) is 43.0 Å². The molecule has 2 rings (SSSR count). The molecule has 0 fully saturated rings. The van der Waals surface area contributed by atoms with Gasteiger partial charge in [0.05, 0.1) is 0 Å². The number of likely N-dealkylation sites (N-methyl/N-ethyl adjacent to an activating group) is 1. The highest BCUT2D eigenvalue weighted by Gasteiger charge is 2.23. The van der Waals surface area contributed by atoms with E-state index in [1.165, 1.54) is 11.1 Å². The number of fused-ring (bicyclic) bond motifs is 1. The van der Waals surface area contributed by atoms with Crippen LogP contribution in [0.4, 0.5) is 0 Å². The standard InChI is InChI=1S/C17H26N4O2/c1-20(2)9-10-23-16-7-6-14-12-21(13-15(14)11-16)17(22)5-3-4-8-19-18/h4,6-8,11,19H,3,5,9-10,12-13,18H2,1-2H3/b8-4+. The fourth-order valence-electron chi connectivity index (χ4n) is 2.50. The molecule has 0 bridgehead atoms. The molecular weight excluding hydrogens is 292 g/mol. The molecule has 1 aliphatic rings. The Kier molecular flexibility index (Phi) is 6.43. The lowest BCUT2D eigenvalue weighted by molar-refractivity contribution is -0.131. The third kappa shape index (κ3) is 5.26. The van der Waals surface area contributed by atoms with E-state index < -0.39 is 0 Å². The van der Waals surface area contributed by atoms with Crippen molar-refractivity contribution in [1.82, 2.24) is 15.2 Å². The van der Waals surface area contributed by atoms with Gasteiger partial charge in [0.25, 0.3) is 0 Å². The summed E-state index contributed by atoms with van der Waals surface area (Å²) < 4.78 is 5.76. The maximum atomic E-state index is 12.2. The molecule has 0 aromatic heterocycles. The second kappa shape index (κ2) is 8.55. The van der Waals surface area contributed by atoms with E-state index in [0.29, 0.717) is 32.5 Å². The molecule has 1 aromatic carbocycles. The molecule has 0 unspecified atom stereocenters. The van der Waals surface area contributed by atoms with E-state index >= 15 is 0 Å². The number of nitrogens with two attached hydrogens (primary N) is 1. The number of hydrogen-bond donors (Lipinski definition) is 2. The van der Waals surface area contributed by atoms with E-state index in [-0.39, 0.29) is 5.91 Å². The molecule has 0 atom stereocenters. The molecule has 23 heavy (non-hydrogen) atoms. The molecule has 0 spiro atoms. The first kappa shape index (κ1) is 17.3.